The van der Waals surface area contributed by atoms with Crippen molar-refractivity contribution in [2.24, 2.45) is 0 Å². The Morgan fingerprint density at radius 3 is 1.95 bits per heavy atom. The van der Waals surface area contributed by atoms with Crippen LogP contribution in [0.1, 0.15) is 38.2 Å². The minimum atomic E-state index is -5.07. The molecule has 1 amide bonds. The summed E-state index contributed by atoms with van der Waals surface area (Å²) >= 11 is 0. The van der Waals surface area contributed by atoms with Gasteiger partial charge < -0.3 is 15.8 Å². The van der Waals surface area contributed by atoms with Crippen molar-refractivity contribution in [3.8, 4) is 16.9 Å². The first kappa shape index (κ1) is 44.1. The molecule has 0 unspecified atom stereocenters. The van der Waals surface area contributed by atoms with Crippen molar-refractivity contribution in [3.63, 3.8) is 0 Å². The van der Waals surface area contributed by atoms with E-state index in [-0.39, 0.29) is 25.1 Å². The SMILES string of the molecule is CN(C)S(=O)(=O)N1CCc2cc([NH-])ccc2C1.O=C(Nc1ccc2c(c1)CCN(S(=O)(=O)c1ccccc1OC(F)(F)F)C2)c1ccccc1-c1ccc(C(F)(F)F)cc1. The summed E-state index contributed by atoms with van der Waals surface area (Å²) < 4.78 is 136. The summed E-state index contributed by atoms with van der Waals surface area (Å²) in [7, 11) is -4.59. The highest BCUT2D eigenvalue weighted by atomic mass is 32.2. The van der Waals surface area contributed by atoms with Crippen LogP contribution in [0.25, 0.3) is 16.9 Å². The number of sulfonamides is 1. The van der Waals surface area contributed by atoms with Crippen molar-refractivity contribution < 1.29 is 52.7 Å². The Morgan fingerprint density at radius 1 is 0.717 bits per heavy atom. The molecule has 60 heavy (non-hydrogen) atoms. The van der Waals surface area contributed by atoms with E-state index in [0.29, 0.717) is 47.6 Å². The van der Waals surface area contributed by atoms with E-state index in [0.717, 1.165) is 45.3 Å². The van der Waals surface area contributed by atoms with Gasteiger partial charge in [0, 0.05) is 51.5 Å². The number of nitrogens with one attached hydrogen (secondary N) is 2. The fourth-order valence-electron chi connectivity index (χ4n) is 6.75. The number of ether oxygens (including phenoxy) is 1. The molecule has 0 aromatic heterocycles. The maximum atomic E-state index is 13.3. The van der Waals surface area contributed by atoms with Gasteiger partial charge in [0.15, 0.2) is 0 Å². The monoisotopic (exact) mass is 874 g/mol. The first-order valence-electron chi connectivity index (χ1n) is 18.2. The standard InChI is InChI=1S/C30H22F6N2O4S.C11H16N3O2S/c31-29(32,33)22-12-9-19(10-13-22)24-5-1-2-6-25(24)28(39)37-23-14-11-21-18-38(16-15-20(21)17-23)43(40,41)27-8-4-3-7-26(27)42-30(34,35)36;1-13(2)17(15,16)14-6-5-9-7-11(12)4-3-10(9)8-14/h1-14,17H,15-16,18H2,(H,37,39);3-4,7,12H,5-6,8H2,1-2H3/q;-1. The number of fused-ring (bicyclic) bond motifs is 2. The highest BCUT2D eigenvalue weighted by molar-refractivity contribution is 7.89. The second-order valence-electron chi connectivity index (χ2n) is 14.0. The van der Waals surface area contributed by atoms with E-state index in [9.17, 15) is 48.0 Å². The molecule has 0 spiro atoms. The quantitative estimate of drug-likeness (QED) is 0.155. The van der Waals surface area contributed by atoms with Crippen LogP contribution in [0, 0.1) is 0 Å². The van der Waals surface area contributed by atoms with Gasteiger partial charge in [-0.1, -0.05) is 66.7 Å². The molecule has 0 aliphatic carbocycles. The number of anilines is 1. The number of rotatable bonds is 8. The summed E-state index contributed by atoms with van der Waals surface area (Å²) in [6, 6.07) is 25.7. The molecule has 0 atom stereocenters. The molecule has 0 bridgehead atoms. The molecule has 2 aliphatic heterocycles. The van der Waals surface area contributed by atoms with Gasteiger partial charge in [0.2, 0.25) is 10.0 Å². The Bertz CT molecular complexity index is 2600. The predicted molar refractivity (Wildman–Crippen MR) is 213 cm³/mol. The molecule has 5 aromatic carbocycles. The zero-order chi connectivity index (χ0) is 43.6. The minimum absolute atomic E-state index is 0.0240. The topological polar surface area (TPSA) is 140 Å². The molecule has 318 valence electrons. The molecular weight excluding hydrogens is 837 g/mol. The Balaban J connectivity index is 0.000000296. The van der Waals surface area contributed by atoms with Crippen LogP contribution in [0.4, 0.5) is 37.7 Å². The third kappa shape index (κ3) is 10.1. The number of nitrogens with zero attached hydrogens (tertiary/aromatic N) is 3. The number of hydrogen-bond acceptors (Lipinski definition) is 6. The maximum Gasteiger partial charge on any atom is 0.573 e. The molecule has 2 heterocycles. The zero-order valence-corrected chi connectivity index (χ0v) is 33.6. The average Bonchev–Trinajstić information content (AvgIpc) is 3.19. The lowest BCUT2D eigenvalue weighted by Gasteiger charge is -2.30. The Hall–Kier alpha value is -5.47. The molecule has 0 fully saturated rings. The van der Waals surface area contributed by atoms with Crippen molar-refractivity contribution in [2.75, 3.05) is 32.5 Å². The molecule has 0 radical (unpaired) electrons. The summed E-state index contributed by atoms with van der Waals surface area (Å²) in [5.74, 6) is -1.33. The summed E-state index contributed by atoms with van der Waals surface area (Å²) in [5.41, 5.74) is 12.1. The lowest BCUT2D eigenvalue weighted by Crippen LogP contribution is -2.42. The van der Waals surface area contributed by atoms with E-state index >= 15 is 0 Å². The largest absolute Gasteiger partial charge is 0.699 e. The van der Waals surface area contributed by atoms with Crippen LogP contribution < -0.4 is 10.1 Å². The number of amides is 1. The third-order valence-electron chi connectivity index (χ3n) is 9.80. The summed E-state index contributed by atoms with van der Waals surface area (Å²) in [4.78, 5) is 12.6. The fraction of sp³-hybridized carbons (Fsp3) is 0.244. The normalized spacial score (nSPS) is 15.0. The Morgan fingerprint density at radius 2 is 1.30 bits per heavy atom. The van der Waals surface area contributed by atoms with E-state index in [4.69, 9.17) is 5.73 Å². The Labute approximate surface area is 343 Å². The molecule has 5 aromatic rings. The molecule has 7 rings (SSSR count). The first-order valence-corrected chi connectivity index (χ1v) is 21.0. The van der Waals surface area contributed by atoms with Crippen LogP contribution in [-0.2, 0) is 52.3 Å². The molecular formula is C41H38F6N5O6S2-. The van der Waals surface area contributed by atoms with Gasteiger partial charge in [0.1, 0.15) is 10.6 Å². The van der Waals surface area contributed by atoms with Gasteiger partial charge in [-0.05, 0) is 88.7 Å². The number of carbonyl (C=O) groups is 1. The average molecular weight is 875 g/mol. The van der Waals surface area contributed by atoms with E-state index in [1.54, 1.807) is 48.5 Å². The van der Waals surface area contributed by atoms with E-state index in [1.807, 2.05) is 12.1 Å². The van der Waals surface area contributed by atoms with Gasteiger partial charge in [-0.25, -0.2) is 8.42 Å². The fourth-order valence-corrected chi connectivity index (χ4v) is 9.37. The van der Waals surface area contributed by atoms with Gasteiger partial charge in [0.05, 0.1) is 5.56 Å². The number of hydrogen-bond donors (Lipinski definition) is 1. The van der Waals surface area contributed by atoms with Crippen molar-refractivity contribution in [1.29, 1.82) is 0 Å². The van der Waals surface area contributed by atoms with Crippen molar-refractivity contribution in [3.05, 3.63) is 148 Å². The van der Waals surface area contributed by atoms with Crippen molar-refractivity contribution >= 4 is 37.5 Å². The summed E-state index contributed by atoms with van der Waals surface area (Å²) in [6.45, 7) is 0.750. The summed E-state index contributed by atoms with van der Waals surface area (Å²) in [5, 5.41) is 2.78. The molecule has 2 aliphatic rings. The van der Waals surface area contributed by atoms with Gasteiger partial charge in [-0.15, -0.1) is 18.9 Å². The van der Waals surface area contributed by atoms with Crippen LogP contribution in [-0.4, -0.2) is 69.2 Å². The van der Waals surface area contributed by atoms with Gasteiger partial charge in [-0.2, -0.15) is 34.5 Å². The molecule has 0 saturated carbocycles. The zero-order valence-electron chi connectivity index (χ0n) is 32.0. The lowest BCUT2D eigenvalue weighted by molar-refractivity contribution is -0.275. The van der Waals surface area contributed by atoms with E-state index < -0.39 is 54.9 Å². The minimum Gasteiger partial charge on any atom is -0.699 e. The van der Waals surface area contributed by atoms with Crippen molar-refractivity contribution in [1.82, 2.24) is 12.9 Å². The summed E-state index contributed by atoms with van der Waals surface area (Å²) in [6.07, 6.45) is -8.66. The Kier molecular flexibility index (Phi) is 12.7. The van der Waals surface area contributed by atoms with Crippen LogP contribution in [0.2, 0.25) is 0 Å². The number of para-hydroxylation sites is 1. The molecule has 11 nitrogen and oxygen atoms in total. The van der Waals surface area contributed by atoms with Crippen LogP contribution in [0.3, 0.4) is 0 Å². The number of halogens is 6. The highest BCUT2D eigenvalue weighted by Crippen LogP contribution is 2.35. The number of carbonyl (C=O) groups excluding carboxylic acids is 1. The highest BCUT2D eigenvalue weighted by Gasteiger charge is 2.37. The molecule has 0 saturated heterocycles. The van der Waals surface area contributed by atoms with E-state index in [2.05, 4.69) is 10.1 Å². The van der Waals surface area contributed by atoms with Crippen LogP contribution in [0.15, 0.2) is 114 Å². The number of benzene rings is 5. The number of alkyl halides is 6. The first-order chi connectivity index (χ1) is 28.1. The predicted octanol–water partition coefficient (Wildman–Crippen LogP) is 8.81. The second kappa shape index (κ2) is 17.3. The van der Waals surface area contributed by atoms with Crippen LogP contribution >= 0.6 is 0 Å². The third-order valence-corrected chi connectivity index (χ3v) is 13.6. The smallest absolute Gasteiger partial charge is 0.573 e. The van der Waals surface area contributed by atoms with Gasteiger partial charge >= 0.3 is 12.5 Å². The molecule has 2 N–H and O–H groups in total. The maximum absolute atomic E-state index is 13.3. The molecule has 19 heteroatoms. The van der Waals surface area contributed by atoms with Gasteiger partial charge in [-0.3, -0.25) is 4.79 Å². The van der Waals surface area contributed by atoms with Gasteiger partial charge in [0.25, 0.3) is 16.1 Å². The second-order valence-corrected chi connectivity index (χ2v) is 18.0. The van der Waals surface area contributed by atoms with E-state index in [1.165, 1.54) is 47.0 Å². The van der Waals surface area contributed by atoms with Crippen molar-refractivity contribution in [2.45, 2.75) is 43.4 Å². The van der Waals surface area contributed by atoms with Crippen LogP contribution in [0.5, 0.6) is 5.75 Å². The lowest BCUT2D eigenvalue weighted by atomic mass is 9.97.